The first-order valence-corrected chi connectivity index (χ1v) is 3.06. The summed E-state index contributed by atoms with van der Waals surface area (Å²) < 4.78 is 4.92. The number of rotatable bonds is 0. The van der Waals surface area contributed by atoms with Gasteiger partial charge in [0.05, 0.1) is 19.8 Å². The van der Waals surface area contributed by atoms with Crippen LogP contribution in [0.1, 0.15) is 13.8 Å². The van der Waals surface area contributed by atoms with Gasteiger partial charge in [0.2, 0.25) is 0 Å². The minimum absolute atomic E-state index is 0.708. The fraction of sp³-hybridized carbons (Fsp3) is 0.833. The molecule has 48 valence electrons. The van der Waals surface area contributed by atoms with Crippen molar-refractivity contribution in [3.05, 3.63) is 0 Å². The molecule has 0 aromatic rings. The molecule has 1 heterocycles. The highest BCUT2D eigenvalue weighted by Crippen LogP contribution is 1.79. The Bertz CT molecular complexity index is 53.5. The van der Waals surface area contributed by atoms with Crippen molar-refractivity contribution in [2.24, 2.45) is 4.99 Å². The van der Waals surface area contributed by atoms with Gasteiger partial charge in [0, 0.05) is 6.21 Å². The maximum absolute atomic E-state index is 4.92. The molecule has 0 fully saturated rings. The van der Waals surface area contributed by atoms with Gasteiger partial charge in [-0.3, -0.25) is 4.99 Å². The van der Waals surface area contributed by atoms with Crippen molar-refractivity contribution >= 4 is 6.21 Å². The summed E-state index contributed by atoms with van der Waals surface area (Å²) in [6.07, 6.45) is 1.80. The van der Waals surface area contributed by atoms with Gasteiger partial charge in [-0.05, 0) is 0 Å². The van der Waals surface area contributed by atoms with Crippen LogP contribution in [0.15, 0.2) is 4.99 Å². The van der Waals surface area contributed by atoms with E-state index in [1.54, 1.807) is 6.21 Å². The maximum Gasteiger partial charge on any atom is 0.0815 e. The summed E-state index contributed by atoms with van der Waals surface area (Å²) in [7, 11) is 0. The van der Waals surface area contributed by atoms with Crippen molar-refractivity contribution in [1.82, 2.24) is 0 Å². The van der Waals surface area contributed by atoms with Crippen LogP contribution in [0.5, 0.6) is 0 Å². The second kappa shape index (κ2) is 6.63. The van der Waals surface area contributed by atoms with Crippen LogP contribution in [0.25, 0.3) is 0 Å². The Balaban J connectivity index is 0.000000222. The molecule has 0 radical (unpaired) electrons. The lowest BCUT2D eigenvalue weighted by Crippen LogP contribution is -2.06. The first-order valence-electron chi connectivity index (χ1n) is 3.06. The van der Waals surface area contributed by atoms with Crippen LogP contribution in [0, 0.1) is 0 Å². The van der Waals surface area contributed by atoms with Crippen molar-refractivity contribution in [3.8, 4) is 0 Å². The zero-order valence-corrected chi connectivity index (χ0v) is 5.55. The monoisotopic (exact) mass is 115 g/mol. The second-order valence-electron chi connectivity index (χ2n) is 1.16. The predicted octanol–water partition coefficient (Wildman–Crippen LogP) is 1.11. The molecule has 0 spiro atoms. The number of hydrogen-bond acceptors (Lipinski definition) is 2. The van der Waals surface area contributed by atoms with Crippen LogP contribution in [0.4, 0.5) is 0 Å². The lowest BCUT2D eigenvalue weighted by molar-refractivity contribution is 0.174. The Morgan fingerprint density at radius 1 is 1.50 bits per heavy atom. The molecule has 1 rings (SSSR count). The summed E-state index contributed by atoms with van der Waals surface area (Å²) in [4.78, 5) is 3.93. The number of ether oxygens (including phenoxy) is 1. The Hall–Kier alpha value is -0.370. The molecule has 2 heteroatoms. The summed E-state index contributed by atoms with van der Waals surface area (Å²) in [5, 5.41) is 0. The minimum Gasteiger partial charge on any atom is -0.374 e. The Morgan fingerprint density at radius 2 is 2.25 bits per heavy atom. The zero-order chi connectivity index (χ0) is 6.24. The average Bonchev–Trinajstić information content (AvgIpc) is 1.96. The van der Waals surface area contributed by atoms with Crippen molar-refractivity contribution in [3.63, 3.8) is 0 Å². The van der Waals surface area contributed by atoms with Crippen LogP contribution < -0.4 is 0 Å². The minimum atomic E-state index is 0.708. The van der Waals surface area contributed by atoms with Crippen molar-refractivity contribution in [2.45, 2.75) is 13.8 Å². The lowest BCUT2D eigenvalue weighted by atomic mass is 10.6. The van der Waals surface area contributed by atoms with E-state index in [-0.39, 0.29) is 0 Å². The molecule has 0 amide bonds. The van der Waals surface area contributed by atoms with Crippen molar-refractivity contribution in [1.29, 1.82) is 0 Å². The van der Waals surface area contributed by atoms with Gasteiger partial charge in [0.1, 0.15) is 0 Å². The number of aliphatic imine (C=N–C) groups is 1. The third-order valence-corrected chi connectivity index (χ3v) is 0.686. The van der Waals surface area contributed by atoms with Crippen molar-refractivity contribution < 1.29 is 4.74 Å². The van der Waals surface area contributed by atoms with Crippen LogP contribution in [0.2, 0.25) is 0 Å². The molecular weight excluding hydrogens is 102 g/mol. The van der Waals surface area contributed by atoms with Gasteiger partial charge in [0.15, 0.2) is 0 Å². The predicted molar refractivity (Wildman–Crippen MR) is 35.5 cm³/mol. The van der Waals surface area contributed by atoms with E-state index in [1.807, 2.05) is 13.8 Å². The Kier molecular flexibility index (Phi) is 6.32. The molecule has 0 aromatic carbocycles. The molecule has 0 atom stereocenters. The molecule has 0 saturated carbocycles. The molecule has 0 aromatic heterocycles. The van der Waals surface area contributed by atoms with Crippen molar-refractivity contribution in [2.75, 3.05) is 19.8 Å². The Labute approximate surface area is 50.6 Å². The molecule has 2 nitrogen and oxygen atoms in total. The van der Waals surface area contributed by atoms with Gasteiger partial charge >= 0.3 is 0 Å². The largest absolute Gasteiger partial charge is 0.374 e. The van der Waals surface area contributed by atoms with Crippen LogP contribution >= 0.6 is 0 Å². The summed E-state index contributed by atoms with van der Waals surface area (Å²) in [5.74, 6) is 0. The van der Waals surface area contributed by atoms with E-state index in [2.05, 4.69) is 4.99 Å². The molecule has 0 aliphatic carbocycles. The third kappa shape index (κ3) is 3.81. The normalized spacial score (nSPS) is 16.8. The Morgan fingerprint density at radius 3 is 2.38 bits per heavy atom. The van der Waals surface area contributed by atoms with E-state index < -0.39 is 0 Å². The van der Waals surface area contributed by atoms with E-state index in [9.17, 15) is 0 Å². The average molecular weight is 115 g/mol. The quantitative estimate of drug-likeness (QED) is 0.463. The van der Waals surface area contributed by atoms with Gasteiger partial charge in [0.25, 0.3) is 0 Å². The molecule has 0 unspecified atom stereocenters. The maximum atomic E-state index is 4.92. The van der Waals surface area contributed by atoms with Gasteiger partial charge < -0.3 is 4.74 Å². The first-order chi connectivity index (χ1) is 4.00. The molecule has 0 N–H and O–H groups in total. The highest BCUT2D eigenvalue weighted by Gasteiger charge is 1.86. The van der Waals surface area contributed by atoms with E-state index in [4.69, 9.17) is 4.74 Å². The van der Waals surface area contributed by atoms with Gasteiger partial charge in [-0.15, -0.1) is 0 Å². The van der Waals surface area contributed by atoms with Gasteiger partial charge in [-0.25, -0.2) is 0 Å². The summed E-state index contributed by atoms with van der Waals surface area (Å²) in [6.45, 7) is 6.36. The van der Waals surface area contributed by atoms with E-state index >= 15 is 0 Å². The molecular formula is C6H13NO. The fourth-order valence-electron chi connectivity index (χ4n) is 0.397. The van der Waals surface area contributed by atoms with Crippen LogP contribution in [-0.2, 0) is 4.74 Å². The van der Waals surface area contributed by atoms with E-state index in [0.717, 1.165) is 13.2 Å². The summed E-state index contributed by atoms with van der Waals surface area (Å²) in [5.41, 5.74) is 0. The summed E-state index contributed by atoms with van der Waals surface area (Å²) >= 11 is 0. The standard InChI is InChI=1S/C4H7NO.C2H6/c1-3-6-4-2-5-1;1-2/h1H,2-4H2;1-2H3. The second-order valence-corrected chi connectivity index (χ2v) is 1.16. The highest BCUT2D eigenvalue weighted by molar-refractivity contribution is 5.58. The first kappa shape index (κ1) is 7.63. The van der Waals surface area contributed by atoms with Gasteiger partial charge in [-0.2, -0.15) is 0 Å². The topological polar surface area (TPSA) is 21.6 Å². The fourth-order valence-corrected chi connectivity index (χ4v) is 0.397. The lowest BCUT2D eigenvalue weighted by Gasteiger charge is -2.00. The molecule has 0 saturated heterocycles. The SMILES string of the molecule is C1=NCCOC1.CC. The van der Waals surface area contributed by atoms with Crippen LogP contribution in [-0.4, -0.2) is 26.0 Å². The molecule has 0 bridgehead atoms. The smallest absolute Gasteiger partial charge is 0.0815 e. The summed E-state index contributed by atoms with van der Waals surface area (Å²) in [6, 6.07) is 0. The van der Waals surface area contributed by atoms with Gasteiger partial charge in [-0.1, -0.05) is 13.8 Å². The molecule has 1 aliphatic rings. The molecule has 8 heavy (non-hydrogen) atoms. The van der Waals surface area contributed by atoms with Crippen LogP contribution in [0.3, 0.4) is 0 Å². The molecule has 1 aliphatic heterocycles. The number of nitrogens with zero attached hydrogens (tertiary/aromatic N) is 1. The van der Waals surface area contributed by atoms with E-state index in [0.29, 0.717) is 6.61 Å². The zero-order valence-electron chi connectivity index (χ0n) is 5.55. The van der Waals surface area contributed by atoms with E-state index in [1.165, 1.54) is 0 Å². The number of hydrogen-bond donors (Lipinski definition) is 0. The third-order valence-electron chi connectivity index (χ3n) is 0.686. The highest BCUT2D eigenvalue weighted by atomic mass is 16.5.